The van der Waals surface area contributed by atoms with Crippen LogP contribution in [0.2, 0.25) is 0 Å². The molecule has 5 aliphatic rings. The molecule has 4 saturated carbocycles. The molecule has 5 aliphatic carbocycles. The number of esters is 1. The van der Waals surface area contributed by atoms with Crippen molar-refractivity contribution >= 4 is 23.3 Å². The molecule has 4 fully saturated rings. The molecule has 0 heterocycles. The molecule has 6 rings (SSSR count). The molecule has 0 unspecified atom stereocenters. The minimum atomic E-state index is -0.750. The van der Waals surface area contributed by atoms with E-state index in [1.807, 2.05) is 24.3 Å². The second-order valence-electron chi connectivity index (χ2n) is 17.1. The summed E-state index contributed by atoms with van der Waals surface area (Å²) in [7, 11) is 0. The minimum absolute atomic E-state index is 0.00844. The SMILES string of the molecule is CC(=O)O[C@H]1CC[C@]2(C)[C@H]3CC[C@@H]4C5=C(C(C)C)C(=O)C[C@]5(C(=O)Nc5ccc(C)cc5)CC[C@@]4(C)[C@]3(C)CC[C@H]2C1(C)C. The van der Waals surface area contributed by atoms with Gasteiger partial charge in [0.25, 0.3) is 0 Å². The smallest absolute Gasteiger partial charge is 0.302 e. The number of amides is 1. The summed E-state index contributed by atoms with van der Waals surface area (Å²) in [4.78, 5) is 40.3. The zero-order chi connectivity index (χ0) is 32.0. The summed E-state index contributed by atoms with van der Waals surface area (Å²) in [6.45, 7) is 20.2. The van der Waals surface area contributed by atoms with Gasteiger partial charge in [0.15, 0.2) is 5.78 Å². The lowest BCUT2D eigenvalue weighted by atomic mass is 9.33. The molecular formula is C39H55NO4. The van der Waals surface area contributed by atoms with Gasteiger partial charge in [0.2, 0.25) is 5.91 Å². The molecule has 1 amide bonds. The Morgan fingerprint density at radius 2 is 1.55 bits per heavy atom. The molecule has 0 saturated heterocycles. The summed E-state index contributed by atoms with van der Waals surface area (Å²) < 4.78 is 5.93. The fourth-order valence-corrected chi connectivity index (χ4v) is 12.2. The van der Waals surface area contributed by atoms with Crippen LogP contribution in [-0.4, -0.2) is 23.8 Å². The zero-order valence-electron chi connectivity index (χ0n) is 28.7. The Balaban J connectivity index is 1.38. The van der Waals surface area contributed by atoms with Gasteiger partial charge in [0, 0.05) is 24.4 Å². The fourth-order valence-electron chi connectivity index (χ4n) is 12.2. The Labute approximate surface area is 265 Å². The number of carbonyl (C=O) groups excluding carboxylic acids is 3. The molecule has 5 nitrogen and oxygen atoms in total. The van der Waals surface area contributed by atoms with Crippen molar-refractivity contribution in [1.29, 1.82) is 0 Å². The van der Waals surface area contributed by atoms with E-state index in [-0.39, 0.29) is 57.3 Å². The highest BCUT2D eigenvalue weighted by Crippen LogP contribution is 2.76. The Morgan fingerprint density at radius 1 is 0.864 bits per heavy atom. The number of allylic oxidation sites excluding steroid dienone is 1. The third-order valence-electron chi connectivity index (χ3n) is 14.4. The number of carbonyl (C=O) groups is 3. The van der Waals surface area contributed by atoms with Crippen molar-refractivity contribution in [2.24, 2.45) is 50.7 Å². The van der Waals surface area contributed by atoms with E-state index in [1.165, 1.54) is 5.57 Å². The number of hydrogen-bond donors (Lipinski definition) is 1. The van der Waals surface area contributed by atoms with E-state index in [9.17, 15) is 14.4 Å². The highest BCUT2D eigenvalue weighted by molar-refractivity contribution is 6.10. The van der Waals surface area contributed by atoms with E-state index in [1.54, 1.807) is 6.92 Å². The van der Waals surface area contributed by atoms with Crippen molar-refractivity contribution in [2.45, 2.75) is 126 Å². The van der Waals surface area contributed by atoms with Crippen molar-refractivity contribution in [3.05, 3.63) is 41.0 Å². The summed E-state index contributed by atoms with van der Waals surface area (Å²) in [5.74, 6) is 1.41. The molecule has 44 heavy (non-hydrogen) atoms. The van der Waals surface area contributed by atoms with E-state index in [2.05, 4.69) is 60.7 Å². The largest absolute Gasteiger partial charge is 0.462 e. The van der Waals surface area contributed by atoms with Crippen LogP contribution >= 0.6 is 0 Å². The summed E-state index contributed by atoms with van der Waals surface area (Å²) in [6.07, 6.45) is 8.42. The molecule has 1 N–H and O–H groups in total. The van der Waals surface area contributed by atoms with Gasteiger partial charge in [-0.15, -0.1) is 0 Å². The topological polar surface area (TPSA) is 72.5 Å². The molecule has 8 atom stereocenters. The number of aryl methyl sites for hydroxylation is 1. The zero-order valence-corrected chi connectivity index (χ0v) is 28.7. The lowest BCUT2D eigenvalue weighted by molar-refractivity contribution is -0.232. The number of rotatable bonds is 4. The van der Waals surface area contributed by atoms with E-state index in [0.29, 0.717) is 18.3 Å². The lowest BCUT2D eigenvalue weighted by Gasteiger charge is -2.72. The van der Waals surface area contributed by atoms with Crippen molar-refractivity contribution in [3.8, 4) is 0 Å². The Bertz CT molecular complexity index is 1410. The van der Waals surface area contributed by atoms with Crippen LogP contribution in [0.15, 0.2) is 35.4 Å². The van der Waals surface area contributed by atoms with E-state index in [4.69, 9.17) is 4.74 Å². The third-order valence-corrected chi connectivity index (χ3v) is 14.4. The van der Waals surface area contributed by atoms with Crippen LogP contribution in [-0.2, 0) is 19.1 Å². The molecular weight excluding hydrogens is 546 g/mol. The number of nitrogens with one attached hydrogen (secondary N) is 1. The number of fused-ring (bicyclic) bond motifs is 7. The first kappa shape index (κ1) is 31.5. The molecule has 5 heteroatoms. The van der Waals surface area contributed by atoms with Crippen LogP contribution in [0, 0.1) is 57.7 Å². The van der Waals surface area contributed by atoms with Gasteiger partial charge in [-0.05, 0) is 121 Å². The first-order valence-electron chi connectivity index (χ1n) is 17.3. The first-order valence-corrected chi connectivity index (χ1v) is 17.3. The van der Waals surface area contributed by atoms with Crippen LogP contribution in [0.25, 0.3) is 0 Å². The summed E-state index contributed by atoms with van der Waals surface area (Å²) in [5, 5.41) is 3.26. The Kier molecular flexibility index (Phi) is 7.38. The normalized spacial score (nSPS) is 40.9. The lowest BCUT2D eigenvalue weighted by Crippen LogP contribution is -2.66. The van der Waals surface area contributed by atoms with Crippen molar-refractivity contribution in [1.82, 2.24) is 0 Å². The summed E-state index contributed by atoms with van der Waals surface area (Å²) in [5.41, 5.74) is 3.57. The van der Waals surface area contributed by atoms with Crippen LogP contribution in [0.1, 0.15) is 119 Å². The fraction of sp³-hybridized carbons (Fsp3) is 0.718. The standard InChI is InChI=1S/C39H55NO4/c1-23(2)32-28(42)22-39(34(43)40-26-12-10-24(3)11-13-26)21-20-37(8)27(33(32)39)14-15-30-36(7)18-17-31(44-25(4)41)35(5,6)29(36)16-19-38(30,37)9/h10-13,23,27,29-31H,14-22H2,1-9H3,(H,40,43)/t27-,29+,30-,31+,36+,37-,38-,39-/m1/s1. The first-order chi connectivity index (χ1) is 20.5. The maximum atomic E-state index is 14.4. The highest BCUT2D eigenvalue weighted by atomic mass is 16.5. The maximum Gasteiger partial charge on any atom is 0.302 e. The second kappa shape index (κ2) is 10.3. The van der Waals surface area contributed by atoms with E-state index < -0.39 is 5.41 Å². The quantitative estimate of drug-likeness (QED) is 0.350. The molecule has 0 radical (unpaired) electrons. The van der Waals surface area contributed by atoms with Crippen LogP contribution < -0.4 is 5.32 Å². The number of hydrogen-bond acceptors (Lipinski definition) is 4. The van der Waals surface area contributed by atoms with Gasteiger partial charge in [-0.2, -0.15) is 0 Å². The number of ether oxygens (including phenoxy) is 1. The Morgan fingerprint density at radius 3 is 2.18 bits per heavy atom. The second-order valence-corrected chi connectivity index (χ2v) is 17.1. The van der Waals surface area contributed by atoms with Gasteiger partial charge >= 0.3 is 5.97 Å². The average molecular weight is 602 g/mol. The molecule has 0 bridgehead atoms. The predicted octanol–water partition coefficient (Wildman–Crippen LogP) is 8.85. The number of ketones is 1. The Hall–Kier alpha value is -2.43. The monoisotopic (exact) mass is 601 g/mol. The van der Waals surface area contributed by atoms with Gasteiger partial charge in [-0.25, -0.2) is 0 Å². The highest BCUT2D eigenvalue weighted by Gasteiger charge is 2.71. The number of benzene rings is 1. The molecule has 1 aromatic carbocycles. The van der Waals surface area contributed by atoms with E-state index >= 15 is 0 Å². The van der Waals surface area contributed by atoms with Crippen LogP contribution in [0.3, 0.4) is 0 Å². The minimum Gasteiger partial charge on any atom is -0.462 e. The molecule has 240 valence electrons. The predicted molar refractivity (Wildman–Crippen MR) is 175 cm³/mol. The van der Waals surface area contributed by atoms with Gasteiger partial charge in [-0.1, -0.05) is 66.2 Å². The van der Waals surface area contributed by atoms with Gasteiger partial charge in [-0.3, -0.25) is 14.4 Å². The number of Topliss-reactive ketones (excluding diaryl/α,β-unsaturated/α-hetero) is 1. The third kappa shape index (κ3) is 4.26. The molecule has 0 aromatic heterocycles. The molecule has 1 aromatic rings. The van der Waals surface area contributed by atoms with Crippen molar-refractivity contribution < 1.29 is 19.1 Å². The summed E-state index contributed by atoms with van der Waals surface area (Å²) >= 11 is 0. The summed E-state index contributed by atoms with van der Waals surface area (Å²) in [6, 6.07) is 8.01. The van der Waals surface area contributed by atoms with Crippen LogP contribution in [0.5, 0.6) is 0 Å². The van der Waals surface area contributed by atoms with Gasteiger partial charge in [0.05, 0.1) is 5.41 Å². The number of anilines is 1. The van der Waals surface area contributed by atoms with Gasteiger partial charge in [0.1, 0.15) is 6.10 Å². The van der Waals surface area contributed by atoms with Crippen molar-refractivity contribution in [3.63, 3.8) is 0 Å². The maximum absolute atomic E-state index is 14.4. The van der Waals surface area contributed by atoms with Gasteiger partial charge < -0.3 is 10.1 Å². The van der Waals surface area contributed by atoms with Crippen molar-refractivity contribution in [2.75, 3.05) is 5.32 Å². The van der Waals surface area contributed by atoms with Crippen LogP contribution in [0.4, 0.5) is 5.69 Å². The molecule has 0 spiro atoms. The average Bonchev–Trinajstić information content (AvgIpc) is 3.25. The molecule has 0 aliphatic heterocycles. The van der Waals surface area contributed by atoms with E-state index in [0.717, 1.165) is 68.2 Å².